The zero-order valence-corrected chi connectivity index (χ0v) is 11.7. The zero-order chi connectivity index (χ0) is 16.0. The predicted octanol–water partition coefficient (Wildman–Crippen LogP) is -1.57. The molecule has 1 radical (unpaired) electrons. The van der Waals surface area contributed by atoms with Gasteiger partial charge in [0, 0.05) is 19.6 Å². The van der Waals surface area contributed by atoms with E-state index in [-0.39, 0.29) is 19.6 Å². The van der Waals surface area contributed by atoms with E-state index < -0.39 is 30.0 Å². The van der Waals surface area contributed by atoms with Gasteiger partial charge < -0.3 is 15.0 Å². The Morgan fingerprint density at radius 1 is 1.43 bits per heavy atom. The first-order valence-electron chi connectivity index (χ1n) is 6.34. The lowest BCUT2D eigenvalue weighted by Crippen LogP contribution is -2.60. The van der Waals surface area contributed by atoms with Crippen LogP contribution in [0.25, 0.3) is 0 Å². The van der Waals surface area contributed by atoms with Crippen LogP contribution in [0.4, 0.5) is 4.79 Å². The number of nitrogens with one attached hydrogen (secondary N) is 1. The molecule has 2 atom stereocenters. The number of imide groups is 1. The van der Waals surface area contributed by atoms with Gasteiger partial charge in [-0.05, 0) is 13.8 Å². The van der Waals surface area contributed by atoms with Crippen LogP contribution in [0.15, 0.2) is 0 Å². The Morgan fingerprint density at radius 3 is 2.62 bits per heavy atom. The molecule has 0 aromatic heterocycles. The normalized spacial score (nSPS) is 18.0. The van der Waals surface area contributed by atoms with Crippen molar-refractivity contribution < 1.29 is 28.7 Å². The summed E-state index contributed by atoms with van der Waals surface area (Å²) in [4.78, 5) is 58.4. The van der Waals surface area contributed by atoms with E-state index in [1.807, 2.05) is 0 Å². The number of rotatable bonds is 6. The topological polar surface area (TPSA) is 113 Å². The van der Waals surface area contributed by atoms with Gasteiger partial charge in [0.05, 0.1) is 0 Å². The number of hydrogen-bond donors (Lipinski definition) is 1. The van der Waals surface area contributed by atoms with Gasteiger partial charge in [-0.2, -0.15) is 0 Å². The van der Waals surface area contributed by atoms with Crippen molar-refractivity contribution in [1.29, 1.82) is 0 Å². The maximum atomic E-state index is 11.9. The van der Waals surface area contributed by atoms with E-state index in [9.17, 15) is 24.0 Å². The number of hydrogen-bond acceptors (Lipinski definition) is 6. The second-order valence-electron chi connectivity index (χ2n) is 4.32. The maximum Gasteiger partial charge on any atom is 0.325 e. The Morgan fingerprint density at radius 2 is 2.10 bits per heavy atom. The van der Waals surface area contributed by atoms with Gasteiger partial charge >= 0.3 is 17.8 Å². The molecule has 1 fully saturated rings. The molecule has 1 N–H and O–H groups in total. The Balaban J connectivity index is 2.71. The minimum absolute atomic E-state index is 0.0265. The predicted molar refractivity (Wildman–Crippen MR) is 68.6 cm³/mol. The molecule has 0 aliphatic carbocycles. The molecule has 9 heteroatoms. The van der Waals surface area contributed by atoms with Crippen LogP contribution >= 0.6 is 0 Å². The van der Waals surface area contributed by atoms with Crippen LogP contribution in [-0.4, -0.2) is 72.2 Å². The summed E-state index contributed by atoms with van der Waals surface area (Å²) in [7, 11) is 0. The van der Waals surface area contributed by atoms with E-state index in [0.717, 1.165) is 0 Å². The maximum absolute atomic E-state index is 11.9. The summed E-state index contributed by atoms with van der Waals surface area (Å²) < 4.78 is 4.53. The highest BCUT2D eigenvalue weighted by atomic mass is 16.5. The van der Waals surface area contributed by atoms with Gasteiger partial charge in [-0.3, -0.25) is 24.1 Å². The van der Waals surface area contributed by atoms with E-state index in [4.69, 9.17) is 0 Å². The third-order valence-electron chi connectivity index (χ3n) is 3.08. The van der Waals surface area contributed by atoms with Crippen LogP contribution < -0.4 is 5.32 Å². The number of nitrogens with zero attached hydrogens (tertiary/aromatic N) is 2. The standard InChI is InChI=1S/C12H16N3O6/c1-3-14-4-5-15(11(19)10(14)18)12(20)13-9(6-16)8(2)21-7-17/h7-9H,3-5H2,1-2H3,(H,13,20). The Bertz CT molecular complexity index is 452. The fourth-order valence-electron chi connectivity index (χ4n) is 1.79. The summed E-state index contributed by atoms with van der Waals surface area (Å²) in [5, 5.41) is 2.19. The van der Waals surface area contributed by atoms with E-state index in [2.05, 4.69) is 10.1 Å². The van der Waals surface area contributed by atoms with Crippen molar-refractivity contribution in [3.05, 3.63) is 0 Å². The zero-order valence-electron chi connectivity index (χ0n) is 11.7. The molecule has 1 aliphatic rings. The average Bonchev–Trinajstić information content (AvgIpc) is 2.47. The number of ether oxygens (including phenoxy) is 1. The SMILES string of the molecule is CCN1CCN(C(=O)NC([C]=O)C(C)OC=O)C(=O)C1=O. The van der Waals surface area contributed by atoms with Crippen molar-refractivity contribution in [2.24, 2.45) is 0 Å². The lowest BCUT2D eigenvalue weighted by molar-refractivity contribution is -0.153. The molecule has 1 aliphatic heterocycles. The fourth-order valence-corrected chi connectivity index (χ4v) is 1.79. The van der Waals surface area contributed by atoms with Crippen LogP contribution in [0.2, 0.25) is 0 Å². The molecule has 1 rings (SSSR count). The molecule has 1 heterocycles. The largest absolute Gasteiger partial charge is 0.462 e. The Labute approximate surface area is 121 Å². The summed E-state index contributed by atoms with van der Waals surface area (Å²) in [5.41, 5.74) is 0. The van der Waals surface area contributed by atoms with Gasteiger partial charge in [0.1, 0.15) is 12.1 Å². The minimum Gasteiger partial charge on any atom is -0.462 e. The molecule has 0 aromatic rings. The average molecular weight is 298 g/mol. The number of carbonyl (C=O) groups excluding carboxylic acids is 5. The Hall–Kier alpha value is -2.45. The number of amides is 4. The van der Waals surface area contributed by atoms with Gasteiger partial charge in [-0.15, -0.1) is 0 Å². The summed E-state index contributed by atoms with van der Waals surface area (Å²) in [6.07, 6.45) is 0.565. The molecule has 115 valence electrons. The van der Waals surface area contributed by atoms with Crippen LogP contribution in [0, 0.1) is 0 Å². The fraction of sp³-hybridized carbons (Fsp3) is 0.583. The first-order chi connectivity index (χ1) is 9.96. The second-order valence-corrected chi connectivity index (χ2v) is 4.32. The second kappa shape index (κ2) is 7.36. The third kappa shape index (κ3) is 3.77. The van der Waals surface area contributed by atoms with Crippen molar-refractivity contribution in [3.63, 3.8) is 0 Å². The first kappa shape index (κ1) is 16.6. The number of likely N-dealkylation sites (N-methyl/N-ethyl adjacent to an activating group) is 1. The van der Waals surface area contributed by atoms with Crippen molar-refractivity contribution in [2.75, 3.05) is 19.6 Å². The van der Waals surface area contributed by atoms with Gasteiger partial charge in [0.15, 0.2) is 0 Å². The highest BCUT2D eigenvalue weighted by molar-refractivity contribution is 6.38. The molecule has 2 unspecified atom stereocenters. The molecule has 0 saturated carbocycles. The van der Waals surface area contributed by atoms with Gasteiger partial charge in [0.25, 0.3) is 6.47 Å². The monoisotopic (exact) mass is 298 g/mol. The lowest BCUT2D eigenvalue weighted by atomic mass is 10.2. The Kier molecular flexibility index (Phi) is 5.82. The van der Waals surface area contributed by atoms with Crippen LogP contribution in [-0.2, 0) is 23.9 Å². The van der Waals surface area contributed by atoms with E-state index in [1.165, 1.54) is 18.1 Å². The van der Waals surface area contributed by atoms with Crippen molar-refractivity contribution >= 4 is 30.6 Å². The summed E-state index contributed by atoms with van der Waals surface area (Å²) in [6.45, 7) is 3.86. The minimum atomic E-state index is -1.23. The molecule has 0 spiro atoms. The molecule has 1 saturated heterocycles. The van der Waals surface area contributed by atoms with Crippen LogP contribution in [0.5, 0.6) is 0 Å². The summed E-state index contributed by atoms with van der Waals surface area (Å²) in [5.74, 6) is -1.74. The van der Waals surface area contributed by atoms with Crippen LogP contribution in [0.1, 0.15) is 13.8 Å². The van der Waals surface area contributed by atoms with Crippen LogP contribution in [0.3, 0.4) is 0 Å². The number of urea groups is 1. The number of piperazine rings is 1. The summed E-state index contributed by atoms with van der Waals surface area (Å²) >= 11 is 0. The quantitative estimate of drug-likeness (QED) is 0.468. The van der Waals surface area contributed by atoms with E-state index in [0.29, 0.717) is 11.4 Å². The van der Waals surface area contributed by atoms with Crippen molar-refractivity contribution in [1.82, 2.24) is 15.1 Å². The molecule has 0 aromatic carbocycles. The first-order valence-corrected chi connectivity index (χ1v) is 6.34. The van der Waals surface area contributed by atoms with Crippen molar-refractivity contribution in [2.45, 2.75) is 26.0 Å². The third-order valence-corrected chi connectivity index (χ3v) is 3.08. The smallest absolute Gasteiger partial charge is 0.325 e. The van der Waals surface area contributed by atoms with Crippen molar-refractivity contribution in [3.8, 4) is 0 Å². The molecular formula is C12H16N3O6. The van der Waals surface area contributed by atoms with E-state index >= 15 is 0 Å². The molecule has 21 heavy (non-hydrogen) atoms. The highest BCUT2D eigenvalue weighted by Crippen LogP contribution is 2.06. The number of carbonyl (C=O) groups is 4. The van der Waals surface area contributed by atoms with Gasteiger partial charge in [0.2, 0.25) is 6.29 Å². The molecule has 4 amide bonds. The van der Waals surface area contributed by atoms with Gasteiger partial charge in [-0.1, -0.05) is 0 Å². The lowest BCUT2D eigenvalue weighted by Gasteiger charge is -2.32. The summed E-state index contributed by atoms with van der Waals surface area (Å²) in [6, 6.07) is -2.13. The highest BCUT2D eigenvalue weighted by Gasteiger charge is 2.36. The molecular weight excluding hydrogens is 282 g/mol. The molecule has 0 bridgehead atoms. The molecule has 9 nitrogen and oxygen atoms in total. The van der Waals surface area contributed by atoms with E-state index in [1.54, 1.807) is 6.92 Å². The van der Waals surface area contributed by atoms with Gasteiger partial charge in [-0.25, -0.2) is 4.79 Å².